The lowest BCUT2D eigenvalue weighted by Crippen LogP contribution is -2.49. The minimum atomic E-state index is -4.56. The Kier molecular flexibility index (Phi) is 8.12. The molecule has 4 rings (SSSR count). The Bertz CT molecular complexity index is 1270. The zero-order valence-electron chi connectivity index (χ0n) is 20.3. The second-order valence-electron chi connectivity index (χ2n) is 8.31. The van der Waals surface area contributed by atoms with Gasteiger partial charge in [-0.2, -0.15) is 23.0 Å². The van der Waals surface area contributed by atoms with Crippen molar-refractivity contribution in [2.75, 3.05) is 50.9 Å². The van der Waals surface area contributed by atoms with Crippen molar-refractivity contribution in [3.05, 3.63) is 82.3 Å². The summed E-state index contributed by atoms with van der Waals surface area (Å²) in [6.07, 6.45) is -3.15. The quantitative estimate of drug-likeness (QED) is 0.426. The molecule has 3 aromatic rings. The van der Waals surface area contributed by atoms with E-state index in [4.69, 9.17) is 9.47 Å². The molecule has 11 heteroatoms. The molecule has 0 atom stereocenters. The maximum atomic E-state index is 13.4. The van der Waals surface area contributed by atoms with Crippen LogP contribution in [-0.4, -0.2) is 66.6 Å². The summed E-state index contributed by atoms with van der Waals surface area (Å²) in [5.74, 6) is -0.110. The van der Waals surface area contributed by atoms with E-state index in [9.17, 15) is 22.8 Å². The van der Waals surface area contributed by atoms with E-state index in [0.717, 1.165) is 16.8 Å². The summed E-state index contributed by atoms with van der Waals surface area (Å²) in [5, 5.41) is 4.16. The largest absolute Gasteiger partial charge is 0.484 e. The Morgan fingerprint density at radius 2 is 1.73 bits per heavy atom. The van der Waals surface area contributed by atoms with E-state index in [0.29, 0.717) is 44.0 Å². The molecule has 0 spiro atoms. The van der Waals surface area contributed by atoms with Gasteiger partial charge in [-0.15, -0.1) is 0 Å². The zero-order valence-corrected chi connectivity index (χ0v) is 20.3. The topological polar surface area (TPSA) is 76.9 Å². The van der Waals surface area contributed by atoms with Gasteiger partial charge < -0.3 is 19.3 Å². The summed E-state index contributed by atoms with van der Waals surface area (Å²) in [6, 6.07) is 13.4. The number of carbonyl (C=O) groups is 1. The molecule has 8 nitrogen and oxygen atoms in total. The maximum absolute atomic E-state index is 13.4. The van der Waals surface area contributed by atoms with E-state index < -0.39 is 17.3 Å². The number of hydrogen-bond donors (Lipinski definition) is 0. The summed E-state index contributed by atoms with van der Waals surface area (Å²) in [7, 11) is 0. The predicted octanol–water partition coefficient (Wildman–Crippen LogP) is 3.63. The minimum Gasteiger partial charge on any atom is -0.484 e. The van der Waals surface area contributed by atoms with Gasteiger partial charge in [0.15, 0.2) is 0 Å². The number of amides is 1. The molecule has 2 aromatic carbocycles. The zero-order chi connectivity index (χ0) is 26.4. The number of carbonyl (C=O) groups excluding carboxylic acids is 1. The van der Waals surface area contributed by atoms with Crippen LogP contribution in [0.4, 0.5) is 18.9 Å². The van der Waals surface area contributed by atoms with Gasteiger partial charge in [-0.3, -0.25) is 9.59 Å². The average molecular weight is 517 g/mol. The molecule has 0 radical (unpaired) electrons. The third-order valence-corrected chi connectivity index (χ3v) is 5.94. The molecular formula is C26H27F3N4O4. The van der Waals surface area contributed by atoms with Gasteiger partial charge in [0, 0.05) is 38.3 Å². The minimum absolute atomic E-state index is 0.0284. The number of aromatic nitrogens is 2. The third-order valence-electron chi connectivity index (χ3n) is 5.94. The molecule has 0 unspecified atom stereocenters. The van der Waals surface area contributed by atoms with Gasteiger partial charge >= 0.3 is 11.7 Å². The van der Waals surface area contributed by atoms with Crippen LogP contribution in [0.3, 0.4) is 0 Å². The Morgan fingerprint density at radius 1 is 1.00 bits per heavy atom. The maximum Gasteiger partial charge on any atom is 0.416 e. The van der Waals surface area contributed by atoms with Crippen molar-refractivity contribution < 1.29 is 27.4 Å². The first kappa shape index (κ1) is 26.2. The molecule has 0 aliphatic carbocycles. The molecule has 2 heterocycles. The number of rotatable bonds is 8. The number of piperazine rings is 1. The molecule has 1 saturated heterocycles. The van der Waals surface area contributed by atoms with Crippen molar-refractivity contribution in [3.8, 4) is 11.4 Å². The Labute approximate surface area is 211 Å². The SMILES string of the molecule is CCOCCOc1c(N2CCN(C(=O)c3ccccc3)CC2)cnn(-c2cccc(C(F)(F)F)c2)c1=O. The van der Waals surface area contributed by atoms with Gasteiger partial charge in [-0.05, 0) is 37.3 Å². The normalized spacial score (nSPS) is 14.1. The fraction of sp³-hybridized carbons (Fsp3) is 0.346. The first-order valence-electron chi connectivity index (χ1n) is 11.9. The van der Waals surface area contributed by atoms with Gasteiger partial charge in [0.1, 0.15) is 12.3 Å². The van der Waals surface area contributed by atoms with Crippen molar-refractivity contribution in [1.82, 2.24) is 14.7 Å². The van der Waals surface area contributed by atoms with Gasteiger partial charge in [0.05, 0.1) is 24.1 Å². The highest BCUT2D eigenvalue weighted by Gasteiger charge is 2.31. The molecule has 0 N–H and O–H groups in total. The lowest BCUT2D eigenvalue weighted by Gasteiger charge is -2.36. The number of nitrogens with zero attached hydrogens (tertiary/aromatic N) is 4. The van der Waals surface area contributed by atoms with Crippen LogP contribution >= 0.6 is 0 Å². The van der Waals surface area contributed by atoms with Gasteiger partial charge in [0.2, 0.25) is 5.75 Å². The highest BCUT2D eigenvalue weighted by molar-refractivity contribution is 5.94. The number of ether oxygens (including phenoxy) is 2. The molecule has 37 heavy (non-hydrogen) atoms. The van der Waals surface area contributed by atoms with Gasteiger partial charge in [-0.25, -0.2) is 0 Å². The van der Waals surface area contributed by atoms with Crippen LogP contribution in [0.5, 0.6) is 5.75 Å². The lowest BCUT2D eigenvalue weighted by molar-refractivity contribution is -0.137. The van der Waals surface area contributed by atoms with Crippen LogP contribution < -0.4 is 15.2 Å². The molecule has 196 valence electrons. The summed E-state index contributed by atoms with van der Waals surface area (Å²) >= 11 is 0. The molecular weight excluding hydrogens is 489 g/mol. The summed E-state index contributed by atoms with van der Waals surface area (Å²) in [6.45, 7) is 4.30. The average Bonchev–Trinajstić information content (AvgIpc) is 2.91. The van der Waals surface area contributed by atoms with Crippen molar-refractivity contribution in [2.24, 2.45) is 0 Å². The first-order chi connectivity index (χ1) is 17.8. The second kappa shape index (κ2) is 11.5. The number of halogens is 3. The smallest absolute Gasteiger partial charge is 0.416 e. The fourth-order valence-electron chi connectivity index (χ4n) is 4.05. The van der Waals surface area contributed by atoms with E-state index in [1.165, 1.54) is 18.3 Å². The van der Waals surface area contributed by atoms with Gasteiger partial charge in [-0.1, -0.05) is 24.3 Å². The van der Waals surface area contributed by atoms with Crippen molar-refractivity contribution in [2.45, 2.75) is 13.1 Å². The second-order valence-corrected chi connectivity index (χ2v) is 8.31. The number of anilines is 1. The lowest BCUT2D eigenvalue weighted by atomic mass is 10.1. The van der Waals surface area contributed by atoms with E-state index in [1.54, 1.807) is 29.2 Å². The molecule has 0 bridgehead atoms. The van der Waals surface area contributed by atoms with Crippen molar-refractivity contribution in [3.63, 3.8) is 0 Å². The molecule has 0 saturated carbocycles. The number of benzene rings is 2. The third kappa shape index (κ3) is 6.11. The van der Waals surface area contributed by atoms with E-state index in [-0.39, 0.29) is 30.6 Å². The highest BCUT2D eigenvalue weighted by Crippen LogP contribution is 2.31. The Morgan fingerprint density at radius 3 is 2.41 bits per heavy atom. The molecule has 1 aromatic heterocycles. The highest BCUT2D eigenvalue weighted by atomic mass is 19.4. The van der Waals surface area contributed by atoms with Crippen molar-refractivity contribution >= 4 is 11.6 Å². The summed E-state index contributed by atoms with van der Waals surface area (Å²) in [4.78, 5) is 29.8. The number of alkyl halides is 3. The standard InChI is InChI=1S/C26H27F3N4O4/c1-2-36-15-16-37-23-22(31-11-13-32(14-12-31)24(34)19-7-4-3-5-8-19)18-30-33(25(23)35)21-10-6-9-20(17-21)26(27,28)29/h3-10,17-18H,2,11-16H2,1H3. The van der Waals surface area contributed by atoms with Gasteiger partial charge in [0.25, 0.3) is 5.91 Å². The molecule has 1 aliphatic rings. The van der Waals surface area contributed by atoms with Crippen LogP contribution in [0.15, 0.2) is 65.6 Å². The van der Waals surface area contributed by atoms with Crippen LogP contribution in [0, 0.1) is 0 Å². The van der Waals surface area contributed by atoms with E-state index in [2.05, 4.69) is 5.10 Å². The van der Waals surface area contributed by atoms with Crippen LogP contribution in [0.2, 0.25) is 0 Å². The fourth-order valence-corrected chi connectivity index (χ4v) is 4.05. The molecule has 1 aliphatic heterocycles. The van der Waals surface area contributed by atoms with Crippen LogP contribution in [-0.2, 0) is 10.9 Å². The summed E-state index contributed by atoms with van der Waals surface area (Å²) < 4.78 is 51.7. The number of hydrogen-bond acceptors (Lipinski definition) is 6. The predicted molar refractivity (Wildman–Crippen MR) is 131 cm³/mol. The van der Waals surface area contributed by atoms with Crippen LogP contribution in [0.1, 0.15) is 22.8 Å². The monoisotopic (exact) mass is 516 g/mol. The van der Waals surface area contributed by atoms with Crippen molar-refractivity contribution in [1.29, 1.82) is 0 Å². The van der Waals surface area contributed by atoms with Crippen LogP contribution in [0.25, 0.3) is 5.69 Å². The van der Waals surface area contributed by atoms with E-state index >= 15 is 0 Å². The Balaban J connectivity index is 1.60. The first-order valence-corrected chi connectivity index (χ1v) is 11.9. The molecule has 1 fully saturated rings. The van der Waals surface area contributed by atoms with E-state index in [1.807, 2.05) is 17.9 Å². The Hall–Kier alpha value is -3.86. The molecule has 1 amide bonds. The summed E-state index contributed by atoms with van der Waals surface area (Å²) in [5.41, 5.74) is -0.589.